The van der Waals surface area contributed by atoms with Crippen LogP contribution in [0.3, 0.4) is 0 Å². The van der Waals surface area contributed by atoms with Crippen LogP contribution in [0.1, 0.15) is 23.7 Å². The molecule has 1 N–H and O–H groups in total. The number of rotatable bonds is 8. The molecule has 0 aliphatic carbocycles. The maximum absolute atomic E-state index is 13.0. The summed E-state index contributed by atoms with van der Waals surface area (Å²) in [5.41, 5.74) is 1.15. The molecular formula is C22H25FN2O4. The number of halogens is 1. The van der Waals surface area contributed by atoms with Crippen LogP contribution in [0.4, 0.5) is 10.1 Å². The van der Waals surface area contributed by atoms with E-state index in [-0.39, 0.29) is 23.6 Å². The largest absolute Gasteiger partial charge is 0.489 e. The molecule has 0 spiro atoms. The van der Waals surface area contributed by atoms with Gasteiger partial charge >= 0.3 is 0 Å². The maximum Gasteiger partial charge on any atom is 0.221 e. The summed E-state index contributed by atoms with van der Waals surface area (Å²) in [6.45, 7) is 4.37. The SMILES string of the molecule is CC(=O)Nc1ccccc1OCC1CN(CCC(=O)c2ccc(F)cc2)CCO1. The average molecular weight is 400 g/mol. The lowest BCUT2D eigenvalue weighted by atomic mass is 10.1. The summed E-state index contributed by atoms with van der Waals surface area (Å²) in [6, 6.07) is 12.9. The Bertz CT molecular complexity index is 841. The molecule has 0 radical (unpaired) electrons. The molecule has 1 aliphatic rings. The van der Waals surface area contributed by atoms with E-state index in [4.69, 9.17) is 9.47 Å². The van der Waals surface area contributed by atoms with Crippen LogP contribution in [0, 0.1) is 5.82 Å². The zero-order valence-corrected chi connectivity index (χ0v) is 16.4. The molecule has 1 unspecified atom stereocenters. The molecule has 0 aromatic heterocycles. The Kier molecular flexibility index (Phi) is 7.32. The fourth-order valence-corrected chi connectivity index (χ4v) is 3.19. The molecule has 0 bridgehead atoms. The van der Waals surface area contributed by atoms with Gasteiger partial charge in [-0.05, 0) is 36.4 Å². The maximum atomic E-state index is 13.0. The highest BCUT2D eigenvalue weighted by Gasteiger charge is 2.22. The second-order valence-corrected chi connectivity index (χ2v) is 6.96. The molecule has 3 rings (SSSR count). The number of hydrogen-bond acceptors (Lipinski definition) is 5. The lowest BCUT2D eigenvalue weighted by Crippen LogP contribution is -2.45. The number of amides is 1. The van der Waals surface area contributed by atoms with E-state index in [1.165, 1.54) is 31.2 Å². The number of ketones is 1. The molecule has 1 heterocycles. The van der Waals surface area contributed by atoms with Gasteiger partial charge in [-0.3, -0.25) is 14.5 Å². The van der Waals surface area contributed by atoms with Gasteiger partial charge in [0, 0.05) is 38.5 Å². The van der Waals surface area contributed by atoms with Gasteiger partial charge in [0.2, 0.25) is 5.91 Å². The van der Waals surface area contributed by atoms with E-state index in [0.717, 1.165) is 6.54 Å². The zero-order valence-electron chi connectivity index (χ0n) is 16.4. The Labute approximate surface area is 169 Å². The molecule has 2 aromatic carbocycles. The highest BCUT2D eigenvalue weighted by atomic mass is 19.1. The van der Waals surface area contributed by atoms with Crippen molar-refractivity contribution in [1.29, 1.82) is 0 Å². The molecule has 1 saturated heterocycles. The molecule has 29 heavy (non-hydrogen) atoms. The number of benzene rings is 2. The Morgan fingerprint density at radius 3 is 2.72 bits per heavy atom. The van der Waals surface area contributed by atoms with Crippen LogP contribution < -0.4 is 10.1 Å². The number of nitrogens with zero attached hydrogens (tertiary/aromatic N) is 1. The van der Waals surface area contributed by atoms with Crippen LogP contribution in [0.2, 0.25) is 0 Å². The molecule has 2 aromatic rings. The molecule has 0 saturated carbocycles. The third-order valence-electron chi connectivity index (χ3n) is 4.67. The van der Waals surface area contributed by atoms with Crippen molar-refractivity contribution in [1.82, 2.24) is 4.90 Å². The number of ether oxygens (including phenoxy) is 2. The van der Waals surface area contributed by atoms with E-state index in [2.05, 4.69) is 10.2 Å². The van der Waals surface area contributed by atoms with Crippen molar-refractivity contribution in [3.05, 3.63) is 59.9 Å². The molecule has 154 valence electrons. The number of carbonyl (C=O) groups is 2. The number of carbonyl (C=O) groups excluding carboxylic acids is 2. The highest BCUT2D eigenvalue weighted by Crippen LogP contribution is 2.24. The minimum Gasteiger partial charge on any atom is -0.489 e. The van der Waals surface area contributed by atoms with E-state index < -0.39 is 0 Å². The lowest BCUT2D eigenvalue weighted by Gasteiger charge is -2.32. The Morgan fingerprint density at radius 1 is 1.21 bits per heavy atom. The highest BCUT2D eigenvalue weighted by molar-refractivity contribution is 5.96. The Hall–Kier alpha value is -2.77. The predicted octanol–water partition coefficient (Wildman–Crippen LogP) is 3.14. The van der Waals surface area contributed by atoms with E-state index in [1.807, 2.05) is 12.1 Å². The first-order chi connectivity index (χ1) is 14.0. The second kappa shape index (κ2) is 10.1. The topological polar surface area (TPSA) is 67.9 Å². The summed E-state index contributed by atoms with van der Waals surface area (Å²) in [7, 11) is 0. The lowest BCUT2D eigenvalue weighted by molar-refractivity contribution is -0.114. The van der Waals surface area contributed by atoms with Crippen molar-refractivity contribution in [3.8, 4) is 5.75 Å². The first-order valence-corrected chi connectivity index (χ1v) is 9.63. The smallest absolute Gasteiger partial charge is 0.221 e. The summed E-state index contributed by atoms with van der Waals surface area (Å²) in [4.78, 5) is 25.8. The van der Waals surface area contributed by atoms with E-state index >= 15 is 0 Å². The number of hydrogen-bond donors (Lipinski definition) is 1. The van der Waals surface area contributed by atoms with Crippen LogP contribution in [0.25, 0.3) is 0 Å². The summed E-state index contributed by atoms with van der Waals surface area (Å²) in [6.07, 6.45) is 0.236. The molecule has 7 heteroatoms. The van der Waals surface area contributed by atoms with Gasteiger partial charge in [-0.15, -0.1) is 0 Å². The van der Waals surface area contributed by atoms with Gasteiger partial charge in [-0.2, -0.15) is 0 Å². The van der Waals surface area contributed by atoms with Crippen molar-refractivity contribution in [2.45, 2.75) is 19.4 Å². The van der Waals surface area contributed by atoms with Crippen molar-refractivity contribution in [2.24, 2.45) is 0 Å². The van der Waals surface area contributed by atoms with Gasteiger partial charge in [0.15, 0.2) is 5.78 Å². The Morgan fingerprint density at radius 2 is 1.97 bits per heavy atom. The van der Waals surface area contributed by atoms with Crippen molar-refractivity contribution >= 4 is 17.4 Å². The first kappa shape index (κ1) is 21.0. The van der Waals surface area contributed by atoms with Gasteiger partial charge in [0.05, 0.1) is 12.3 Å². The first-order valence-electron chi connectivity index (χ1n) is 9.63. The molecule has 1 atom stereocenters. The van der Waals surface area contributed by atoms with Gasteiger partial charge < -0.3 is 14.8 Å². The average Bonchev–Trinajstić information content (AvgIpc) is 2.72. The number of para-hydroxylation sites is 2. The van der Waals surface area contributed by atoms with Crippen molar-refractivity contribution in [3.63, 3.8) is 0 Å². The standard InChI is InChI=1S/C22H25FN2O4/c1-16(26)24-20-4-2-3-5-22(20)29-15-19-14-25(12-13-28-19)11-10-21(27)17-6-8-18(23)9-7-17/h2-9,19H,10-15H2,1H3,(H,24,26). The van der Waals surface area contributed by atoms with Crippen LogP contribution in [0.5, 0.6) is 5.75 Å². The molecular weight excluding hydrogens is 375 g/mol. The molecule has 1 fully saturated rings. The number of Topliss-reactive ketones (excluding diaryl/α,β-unsaturated/α-hetero) is 1. The predicted molar refractivity (Wildman–Crippen MR) is 108 cm³/mol. The van der Waals surface area contributed by atoms with Crippen LogP contribution in [-0.2, 0) is 9.53 Å². The van der Waals surface area contributed by atoms with Crippen molar-refractivity contribution < 1.29 is 23.5 Å². The van der Waals surface area contributed by atoms with Crippen molar-refractivity contribution in [2.75, 3.05) is 38.2 Å². The summed E-state index contributed by atoms with van der Waals surface area (Å²) >= 11 is 0. The van der Waals surface area contributed by atoms with Gasteiger partial charge in [-0.25, -0.2) is 4.39 Å². The van der Waals surface area contributed by atoms with E-state index in [9.17, 15) is 14.0 Å². The Balaban J connectivity index is 1.48. The molecule has 1 amide bonds. The number of nitrogens with one attached hydrogen (secondary N) is 1. The third kappa shape index (κ3) is 6.37. The second-order valence-electron chi connectivity index (χ2n) is 6.96. The quantitative estimate of drug-likeness (QED) is 0.690. The molecule has 6 nitrogen and oxygen atoms in total. The van der Waals surface area contributed by atoms with Crippen LogP contribution in [0.15, 0.2) is 48.5 Å². The minimum atomic E-state index is -0.349. The fourth-order valence-electron chi connectivity index (χ4n) is 3.19. The monoisotopic (exact) mass is 400 g/mol. The molecule has 1 aliphatic heterocycles. The van der Waals surface area contributed by atoms with E-state index in [0.29, 0.717) is 49.7 Å². The van der Waals surface area contributed by atoms with Gasteiger partial charge in [0.25, 0.3) is 0 Å². The van der Waals surface area contributed by atoms with Crippen LogP contribution in [-0.4, -0.2) is 55.5 Å². The summed E-state index contributed by atoms with van der Waals surface area (Å²) < 4.78 is 24.6. The fraction of sp³-hybridized carbons (Fsp3) is 0.364. The van der Waals surface area contributed by atoms with Gasteiger partial charge in [-0.1, -0.05) is 12.1 Å². The normalized spacial score (nSPS) is 17.0. The van der Waals surface area contributed by atoms with Gasteiger partial charge in [0.1, 0.15) is 24.3 Å². The minimum absolute atomic E-state index is 0.00599. The third-order valence-corrected chi connectivity index (χ3v) is 4.67. The summed E-state index contributed by atoms with van der Waals surface area (Å²) in [5, 5.41) is 2.75. The number of morpholine rings is 1. The summed E-state index contributed by atoms with van der Waals surface area (Å²) in [5.74, 6) is 0.0769. The van der Waals surface area contributed by atoms with E-state index in [1.54, 1.807) is 12.1 Å². The zero-order chi connectivity index (χ0) is 20.6. The van der Waals surface area contributed by atoms with Crippen LogP contribution >= 0.6 is 0 Å². The number of anilines is 1.